The molecule has 0 saturated heterocycles. The molecule has 0 saturated carbocycles. The number of phosphoric ester groups is 1. The number of carbonyl (C=O) groups excluding carboxylic acids is 2. The molecule has 0 aliphatic rings. The van der Waals surface area contributed by atoms with Crippen LogP contribution in [0.4, 0.5) is 0 Å². The highest BCUT2D eigenvalue weighted by Crippen LogP contribution is 2.43. The fourth-order valence-corrected chi connectivity index (χ4v) is 10.9. The van der Waals surface area contributed by atoms with E-state index >= 15 is 0 Å². The zero-order chi connectivity index (χ0) is 60.1. The van der Waals surface area contributed by atoms with Gasteiger partial charge in [0.15, 0.2) is 6.10 Å². The van der Waals surface area contributed by atoms with Crippen LogP contribution < -0.4 is 5.73 Å². The summed E-state index contributed by atoms with van der Waals surface area (Å²) >= 11 is 0. The van der Waals surface area contributed by atoms with Gasteiger partial charge >= 0.3 is 19.8 Å². The first-order valence-electron chi connectivity index (χ1n) is 35.1. The molecule has 0 bridgehead atoms. The first-order valence-corrected chi connectivity index (χ1v) is 36.6. The van der Waals surface area contributed by atoms with Gasteiger partial charge in [0, 0.05) is 19.4 Å². The van der Waals surface area contributed by atoms with Crippen molar-refractivity contribution in [2.75, 3.05) is 26.4 Å². The molecule has 0 aliphatic heterocycles. The summed E-state index contributed by atoms with van der Waals surface area (Å²) in [5.74, 6) is -0.819. The van der Waals surface area contributed by atoms with Crippen LogP contribution in [0.1, 0.15) is 335 Å². The van der Waals surface area contributed by atoms with E-state index in [4.69, 9.17) is 24.3 Å². The number of allylic oxidation sites excluding steroid dienone is 14. The monoisotopic (exact) mass is 1180 g/mol. The number of nitrogens with two attached hydrogens (primary N) is 1. The third kappa shape index (κ3) is 68.2. The van der Waals surface area contributed by atoms with E-state index in [-0.39, 0.29) is 38.6 Å². The maximum atomic E-state index is 12.8. The fraction of sp³-hybridized carbons (Fsp3) is 0.781. The van der Waals surface area contributed by atoms with Crippen molar-refractivity contribution >= 4 is 19.8 Å². The molecule has 10 heteroatoms. The molecule has 0 rings (SSSR count). The first-order chi connectivity index (χ1) is 40.8. The molecule has 0 amide bonds. The molecular formula is C73H132NO8P. The van der Waals surface area contributed by atoms with E-state index in [0.29, 0.717) is 6.42 Å². The van der Waals surface area contributed by atoms with E-state index in [1.54, 1.807) is 0 Å². The fourth-order valence-electron chi connectivity index (χ4n) is 10.2. The van der Waals surface area contributed by atoms with Crippen molar-refractivity contribution < 1.29 is 37.6 Å². The van der Waals surface area contributed by atoms with E-state index in [0.717, 1.165) is 89.9 Å². The average molecular weight is 1180 g/mol. The van der Waals surface area contributed by atoms with Gasteiger partial charge < -0.3 is 20.1 Å². The van der Waals surface area contributed by atoms with Gasteiger partial charge in [0.2, 0.25) is 0 Å². The molecule has 0 aromatic heterocycles. The summed E-state index contributed by atoms with van der Waals surface area (Å²) < 4.78 is 33.2. The lowest BCUT2D eigenvalue weighted by atomic mass is 10.0. The molecule has 0 radical (unpaired) electrons. The minimum atomic E-state index is -4.40. The van der Waals surface area contributed by atoms with Crippen molar-refractivity contribution in [3.63, 3.8) is 0 Å². The largest absolute Gasteiger partial charge is 0.472 e. The summed E-state index contributed by atoms with van der Waals surface area (Å²) in [5.41, 5.74) is 5.40. The van der Waals surface area contributed by atoms with Crippen LogP contribution in [-0.2, 0) is 32.7 Å². The Morgan fingerprint density at radius 3 is 0.988 bits per heavy atom. The molecule has 0 fully saturated rings. The number of esters is 2. The van der Waals surface area contributed by atoms with Crippen molar-refractivity contribution in [3.8, 4) is 0 Å². The maximum Gasteiger partial charge on any atom is 0.472 e. The molecule has 0 aliphatic carbocycles. The van der Waals surface area contributed by atoms with Gasteiger partial charge in [-0.2, -0.15) is 0 Å². The SMILES string of the molecule is CC/C=C\C/C=C\C/C=C\C/C=C\C/C=C\C/C=C\C/C=C\CCCCCCCCCCCCCC(=O)OC(COC(=O)CCCCCCCCCCCCCCCCCCCCCCCCCCCCCCC)COP(=O)(O)OCCN. The summed E-state index contributed by atoms with van der Waals surface area (Å²) in [7, 11) is -4.40. The van der Waals surface area contributed by atoms with Gasteiger partial charge in [-0.25, -0.2) is 4.57 Å². The minimum Gasteiger partial charge on any atom is -0.462 e. The number of ether oxygens (including phenoxy) is 2. The smallest absolute Gasteiger partial charge is 0.462 e. The Hall–Kier alpha value is -2.81. The maximum absolute atomic E-state index is 12.8. The highest BCUT2D eigenvalue weighted by Gasteiger charge is 2.26. The van der Waals surface area contributed by atoms with Gasteiger partial charge in [-0.1, -0.05) is 336 Å². The summed E-state index contributed by atoms with van der Waals surface area (Å²) in [6, 6.07) is 0. The summed E-state index contributed by atoms with van der Waals surface area (Å²) in [6.45, 7) is 3.68. The van der Waals surface area contributed by atoms with E-state index in [1.165, 1.54) is 212 Å². The topological polar surface area (TPSA) is 134 Å². The third-order valence-electron chi connectivity index (χ3n) is 15.3. The van der Waals surface area contributed by atoms with Crippen molar-refractivity contribution in [3.05, 3.63) is 85.1 Å². The van der Waals surface area contributed by atoms with Crippen LogP contribution >= 0.6 is 7.82 Å². The zero-order valence-electron chi connectivity index (χ0n) is 54.2. The van der Waals surface area contributed by atoms with Crippen LogP contribution in [-0.4, -0.2) is 49.3 Å². The Kier molecular flexibility index (Phi) is 66.0. The normalized spacial score (nSPS) is 13.4. The van der Waals surface area contributed by atoms with E-state index in [1.807, 2.05) is 0 Å². The molecule has 0 spiro atoms. The minimum absolute atomic E-state index is 0.0515. The molecule has 2 atom stereocenters. The van der Waals surface area contributed by atoms with Crippen LogP contribution in [0.25, 0.3) is 0 Å². The second-order valence-corrected chi connectivity index (χ2v) is 24.8. The van der Waals surface area contributed by atoms with Gasteiger partial charge in [-0.15, -0.1) is 0 Å². The molecule has 0 heterocycles. The Bertz CT molecular complexity index is 1640. The standard InChI is InChI=1S/C73H132NO8P/c1-3-5-7-9-11-13-15-17-19-21-23-25-27-29-31-33-34-35-36-38-40-42-44-46-48-50-52-54-56-58-60-62-64-66-73(76)82-71(70-81-83(77,78)80-68-67-74)69-79-72(75)65-63-61-59-57-55-53-51-49-47-45-43-41-39-37-32-30-28-26-24-22-20-18-16-14-12-10-8-6-4-2/h5,7,11,13,17,19,23,25,29,31,34-35,38,40,71H,3-4,6,8-10,12,14-16,18,20-22,24,26-28,30,32-33,36-37,39,41-70,74H2,1-2H3,(H,77,78)/b7-5-,13-11-,19-17-,25-23-,31-29-,35-34-,40-38-. The van der Waals surface area contributed by atoms with Crippen LogP contribution in [0.3, 0.4) is 0 Å². The number of phosphoric acid groups is 1. The van der Waals surface area contributed by atoms with Crippen LogP contribution in [0.5, 0.6) is 0 Å². The number of hydrogen-bond acceptors (Lipinski definition) is 8. The quantitative estimate of drug-likeness (QED) is 0.0264. The highest BCUT2D eigenvalue weighted by molar-refractivity contribution is 7.47. The Balaban J connectivity index is 3.88. The Morgan fingerprint density at radius 1 is 0.373 bits per heavy atom. The molecule has 0 aromatic rings. The predicted octanol–water partition coefficient (Wildman–Crippen LogP) is 23.0. The molecule has 482 valence electrons. The van der Waals surface area contributed by atoms with Crippen molar-refractivity contribution in [1.29, 1.82) is 0 Å². The van der Waals surface area contributed by atoms with E-state index in [9.17, 15) is 19.0 Å². The molecule has 3 N–H and O–H groups in total. The molecule has 2 unspecified atom stereocenters. The summed E-state index contributed by atoms with van der Waals surface area (Å²) in [4.78, 5) is 35.4. The third-order valence-corrected chi connectivity index (χ3v) is 16.3. The molecule has 9 nitrogen and oxygen atoms in total. The lowest BCUT2D eigenvalue weighted by Crippen LogP contribution is -2.29. The van der Waals surface area contributed by atoms with Gasteiger partial charge in [-0.05, 0) is 70.6 Å². The van der Waals surface area contributed by atoms with Gasteiger partial charge in [-0.3, -0.25) is 18.6 Å². The summed E-state index contributed by atoms with van der Waals surface area (Å²) in [5, 5.41) is 0. The van der Waals surface area contributed by atoms with E-state index in [2.05, 4.69) is 98.9 Å². The van der Waals surface area contributed by atoms with Gasteiger partial charge in [0.1, 0.15) is 6.61 Å². The molecule has 0 aromatic carbocycles. The van der Waals surface area contributed by atoms with Gasteiger partial charge in [0.05, 0.1) is 13.2 Å². The first kappa shape index (κ1) is 80.2. The van der Waals surface area contributed by atoms with Crippen molar-refractivity contribution in [2.24, 2.45) is 5.73 Å². The van der Waals surface area contributed by atoms with Gasteiger partial charge in [0.25, 0.3) is 0 Å². The van der Waals surface area contributed by atoms with Crippen molar-refractivity contribution in [2.45, 2.75) is 341 Å². The Morgan fingerprint density at radius 2 is 0.663 bits per heavy atom. The number of hydrogen-bond donors (Lipinski definition) is 2. The Labute approximate surface area is 513 Å². The van der Waals surface area contributed by atoms with E-state index < -0.39 is 26.5 Å². The molecule has 83 heavy (non-hydrogen) atoms. The predicted molar refractivity (Wildman–Crippen MR) is 358 cm³/mol. The molecular weight excluding hydrogens is 1050 g/mol. The van der Waals surface area contributed by atoms with Crippen LogP contribution in [0.2, 0.25) is 0 Å². The number of carbonyl (C=O) groups is 2. The van der Waals surface area contributed by atoms with Crippen LogP contribution in [0, 0.1) is 0 Å². The second kappa shape index (κ2) is 68.3. The average Bonchev–Trinajstić information content (AvgIpc) is 3.49. The number of unbranched alkanes of at least 4 members (excludes halogenated alkanes) is 39. The zero-order valence-corrected chi connectivity index (χ0v) is 55.1. The lowest BCUT2D eigenvalue weighted by Gasteiger charge is -2.19. The number of rotatable bonds is 66. The highest BCUT2D eigenvalue weighted by atomic mass is 31.2. The van der Waals surface area contributed by atoms with Crippen molar-refractivity contribution in [1.82, 2.24) is 0 Å². The summed E-state index contributed by atoms with van der Waals surface area (Å²) in [6.07, 6.45) is 91.1. The van der Waals surface area contributed by atoms with Crippen LogP contribution in [0.15, 0.2) is 85.1 Å². The second-order valence-electron chi connectivity index (χ2n) is 23.4. The lowest BCUT2D eigenvalue weighted by molar-refractivity contribution is -0.161.